The molecule has 0 radical (unpaired) electrons. The fraction of sp³-hybridized carbons (Fsp3) is 0.538. The molecule has 2 heterocycles. The second-order valence-corrected chi connectivity index (χ2v) is 19.6. The molecule has 304 valence electrons. The molecule has 8 aliphatic carbocycles. The number of carbonyl (C=O) groups is 2. The van der Waals surface area contributed by atoms with Crippen LogP contribution >= 0.6 is 0 Å². The van der Waals surface area contributed by atoms with Gasteiger partial charge in [0, 0.05) is 46.3 Å². The Hall–Kier alpha value is -4.36. The normalized spacial score (nSPS) is 41.7. The van der Waals surface area contributed by atoms with Crippen molar-refractivity contribution in [3.63, 3.8) is 0 Å². The predicted molar refractivity (Wildman–Crippen MR) is 226 cm³/mol. The standard InChI is InChI=1S/C26H30O3.C21H24O2.C5H6O/c1-5-26(28)13-10-21-23-19(22-7-6-16(2)29-22)15-17-14-18(27)8-11-24(17,3)20(23)9-12-25(21,26)4;1-4-21(23)12-9-18-16-6-5-14-13-15(22)7-10-19(14,2)17(16)8-11-20(18,21)3;1-5-3-2-4-6-5/h1,6-7,9,14,19,21,23,28H,8,10-13,15H2,2-4H3;1,5-6,8,13,16,18,23H,7,9-12H2,2-3H3;2-4H,1H3/t19-,21?,23?,24-,25-,26-;16?,18?,19-,20-,21-;/m00./s1. The third-order valence-corrected chi connectivity index (χ3v) is 16.9. The van der Waals surface area contributed by atoms with Crippen molar-refractivity contribution in [1.82, 2.24) is 0 Å². The van der Waals surface area contributed by atoms with Gasteiger partial charge in [0.25, 0.3) is 0 Å². The van der Waals surface area contributed by atoms with Crippen molar-refractivity contribution in [1.29, 1.82) is 0 Å². The molecule has 2 aromatic heterocycles. The number of aryl methyl sites for hydroxylation is 2. The number of allylic oxidation sites excluding steroid dienone is 10. The summed E-state index contributed by atoms with van der Waals surface area (Å²) in [4.78, 5) is 24.0. The van der Waals surface area contributed by atoms with Crippen molar-refractivity contribution in [3.8, 4) is 24.7 Å². The lowest BCUT2D eigenvalue weighted by Crippen LogP contribution is -2.51. The van der Waals surface area contributed by atoms with Crippen LogP contribution in [0.15, 0.2) is 98.1 Å². The monoisotopic (exact) mass is 780 g/mol. The molecule has 58 heavy (non-hydrogen) atoms. The van der Waals surface area contributed by atoms with Gasteiger partial charge in [0.15, 0.2) is 11.6 Å². The van der Waals surface area contributed by atoms with Gasteiger partial charge in [0.2, 0.25) is 0 Å². The van der Waals surface area contributed by atoms with Gasteiger partial charge in [0.1, 0.15) is 28.5 Å². The highest BCUT2D eigenvalue weighted by Gasteiger charge is 2.64. The number of carbonyl (C=O) groups excluding carboxylic acids is 2. The Morgan fingerprint density at radius 1 is 0.759 bits per heavy atom. The summed E-state index contributed by atoms with van der Waals surface area (Å²) >= 11 is 0. The maximum absolute atomic E-state index is 12.3. The van der Waals surface area contributed by atoms with E-state index in [9.17, 15) is 19.8 Å². The molecule has 2 N–H and O–H groups in total. The molecule has 0 aromatic carbocycles. The number of hydrogen-bond acceptors (Lipinski definition) is 6. The first-order chi connectivity index (χ1) is 27.4. The van der Waals surface area contributed by atoms with Crippen LogP contribution < -0.4 is 0 Å². The largest absolute Gasteiger partial charge is 0.470 e. The Morgan fingerprint density at radius 3 is 1.97 bits per heavy atom. The SMILES string of the molecule is C#C[C@]1(O)CCC2C3C(=CC[C@@]21C)[C@@]1(C)CCC(=O)C=C1C[C@H]3c1ccc(C)o1.C#C[C@]1(O)CCC2C3C=CC4=CC(=O)CC[C@]4(C)C3=CC[C@@]21C.Cc1ccco1. The summed E-state index contributed by atoms with van der Waals surface area (Å²) in [7, 11) is 0. The molecule has 3 fully saturated rings. The summed E-state index contributed by atoms with van der Waals surface area (Å²) in [5.74, 6) is 10.3. The van der Waals surface area contributed by atoms with Gasteiger partial charge in [-0.3, -0.25) is 9.59 Å². The Balaban J connectivity index is 0.000000144. The van der Waals surface area contributed by atoms with Crippen molar-refractivity contribution in [2.75, 3.05) is 0 Å². The quantitative estimate of drug-likeness (QED) is 0.221. The van der Waals surface area contributed by atoms with E-state index in [1.54, 1.807) is 6.26 Å². The lowest BCUT2D eigenvalue weighted by molar-refractivity contribution is -0.116. The molecular weight excluding hydrogens is 721 g/mol. The molecule has 0 aliphatic heterocycles. The van der Waals surface area contributed by atoms with Crippen LogP contribution in [0.4, 0.5) is 0 Å². The van der Waals surface area contributed by atoms with E-state index in [0.717, 1.165) is 67.8 Å². The molecule has 6 heteroatoms. The maximum atomic E-state index is 12.3. The van der Waals surface area contributed by atoms with Crippen LogP contribution in [-0.2, 0) is 9.59 Å². The zero-order valence-corrected chi connectivity index (χ0v) is 35.2. The highest BCUT2D eigenvalue weighted by atomic mass is 16.3. The molecule has 4 unspecified atom stereocenters. The number of rotatable bonds is 1. The molecule has 10 rings (SSSR count). The Morgan fingerprint density at radius 2 is 1.38 bits per heavy atom. The Labute approximate surface area is 345 Å². The van der Waals surface area contributed by atoms with E-state index in [0.29, 0.717) is 43.4 Å². The van der Waals surface area contributed by atoms with Gasteiger partial charge in [-0.05, 0) is 131 Å². The predicted octanol–water partition coefficient (Wildman–Crippen LogP) is 10.3. The lowest BCUT2D eigenvalue weighted by atomic mass is 9.48. The van der Waals surface area contributed by atoms with E-state index in [4.69, 9.17) is 21.7 Å². The van der Waals surface area contributed by atoms with Crippen LogP contribution in [0.2, 0.25) is 0 Å². The first-order valence-electron chi connectivity index (χ1n) is 21.5. The van der Waals surface area contributed by atoms with Crippen LogP contribution in [0.25, 0.3) is 0 Å². The average molecular weight is 781 g/mol. The van der Waals surface area contributed by atoms with Crippen LogP contribution in [0.5, 0.6) is 0 Å². The summed E-state index contributed by atoms with van der Waals surface area (Å²) in [5.41, 5.74) is 2.61. The summed E-state index contributed by atoms with van der Waals surface area (Å²) in [6.07, 6.45) is 34.8. The van der Waals surface area contributed by atoms with E-state index < -0.39 is 11.2 Å². The zero-order chi connectivity index (χ0) is 41.5. The minimum atomic E-state index is -1.05. The fourth-order valence-electron chi connectivity index (χ4n) is 13.0. The molecule has 11 atom stereocenters. The maximum Gasteiger partial charge on any atom is 0.156 e. The molecule has 2 aromatic rings. The van der Waals surface area contributed by atoms with Gasteiger partial charge in [-0.15, -0.1) is 12.8 Å². The zero-order valence-electron chi connectivity index (χ0n) is 35.2. The third kappa shape index (κ3) is 5.99. The van der Waals surface area contributed by atoms with Crippen molar-refractivity contribution in [3.05, 3.63) is 107 Å². The van der Waals surface area contributed by atoms with Gasteiger partial charge >= 0.3 is 0 Å². The fourth-order valence-corrected chi connectivity index (χ4v) is 13.0. The summed E-state index contributed by atoms with van der Waals surface area (Å²) in [6, 6.07) is 7.91. The third-order valence-electron chi connectivity index (χ3n) is 16.9. The number of terminal acetylenes is 2. The highest BCUT2D eigenvalue weighted by Crippen LogP contribution is 2.68. The smallest absolute Gasteiger partial charge is 0.156 e. The summed E-state index contributed by atoms with van der Waals surface area (Å²) < 4.78 is 11.0. The molecule has 8 aliphatic rings. The Kier molecular flexibility index (Phi) is 9.85. The first kappa shape index (κ1) is 40.4. The van der Waals surface area contributed by atoms with Crippen molar-refractivity contribution >= 4 is 11.6 Å². The summed E-state index contributed by atoms with van der Waals surface area (Å²) in [5, 5.41) is 22.2. The second-order valence-electron chi connectivity index (χ2n) is 19.6. The van der Waals surface area contributed by atoms with Crippen LogP contribution in [0, 0.1) is 83.9 Å². The number of aliphatic hydroxyl groups is 2. The van der Waals surface area contributed by atoms with E-state index in [1.807, 2.05) is 44.2 Å². The molecule has 6 nitrogen and oxygen atoms in total. The number of ketones is 2. The first-order valence-corrected chi connectivity index (χ1v) is 21.5. The molecule has 0 saturated heterocycles. The van der Waals surface area contributed by atoms with Crippen molar-refractivity contribution < 1.29 is 28.6 Å². The Bertz CT molecular complexity index is 2250. The lowest BCUT2D eigenvalue weighted by Gasteiger charge is -2.56. The van der Waals surface area contributed by atoms with Crippen LogP contribution in [-0.4, -0.2) is 33.0 Å². The van der Waals surface area contributed by atoms with E-state index in [2.05, 4.69) is 69.9 Å². The minimum Gasteiger partial charge on any atom is -0.470 e. The number of furan rings is 2. The average Bonchev–Trinajstić information content (AvgIpc) is 3.98. The topological polar surface area (TPSA) is 101 Å². The molecular formula is C52H60O6. The van der Waals surface area contributed by atoms with Gasteiger partial charge < -0.3 is 19.0 Å². The molecule has 0 bridgehead atoms. The number of hydrogen-bond donors (Lipinski definition) is 2. The highest BCUT2D eigenvalue weighted by molar-refractivity contribution is 5.93. The molecule has 3 saturated carbocycles. The minimum absolute atomic E-state index is 0.0223. The van der Waals surface area contributed by atoms with E-state index in [1.165, 1.54) is 16.7 Å². The van der Waals surface area contributed by atoms with Gasteiger partial charge in [-0.2, -0.15) is 0 Å². The molecule has 0 amide bonds. The van der Waals surface area contributed by atoms with Crippen molar-refractivity contribution in [2.45, 2.75) is 129 Å². The van der Waals surface area contributed by atoms with Gasteiger partial charge in [-0.25, -0.2) is 0 Å². The van der Waals surface area contributed by atoms with Gasteiger partial charge in [0.05, 0.1) is 6.26 Å². The van der Waals surface area contributed by atoms with Crippen molar-refractivity contribution in [2.24, 2.45) is 45.3 Å². The number of fused-ring (bicyclic) bond motifs is 10. The van der Waals surface area contributed by atoms with Crippen LogP contribution in [0.1, 0.15) is 122 Å². The summed E-state index contributed by atoms with van der Waals surface area (Å²) in [6.45, 7) is 12.8. The van der Waals surface area contributed by atoms with Gasteiger partial charge in [-0.1, -0.05) is 80.6 Å². The molecule has 0 spiro atoms. The van der Waals surface area contributed by atoms with E-state index >= 15 is 0 Å². The van der Waals surface area contributed by atoms with Crippen LogP contribution in [0.3, 0.4) is 0 Å². The van der Waals surface area contributed by atoms with E-state index in [-0.39, 0.29) is 45.1 Å². The second kappa shape index (κ2) is 14.1.